The number of halogens is 5. The van der Waals surface area contributed by atoms with Crippen LogP contribution in [0.2, 0.25) is 0 Å². The largest absolute Gasteiger partial charge is 0.463 e. The number of esters is 1. The molecule has 4 nitrogen and oxygen atoms in total. The first-order valence-electron chi connectivity index (χ1n) is 5.62. The predicted octanol–water partition coefficient (Wildman–Crippen LogP) is 3.00. The molecule has 1 rings (SSSR count). The monoisotopic (exact) mass is 311 g/mol. The van der Waals surface area contributed by atoms with E-state index in [0.29, 0.717) is 0 Å². The minimum atomic E-state index is -5.98. The molecule has 1 aromatic rings. The van der Waals surface area contributed by atoms with Crippen LogP contribution in [0.1, 0.15) is 17.3 Å². The van der Waals surface area contributed by atoms with Crippen molar-refractivity contribution in [3.63, 3.8) is 0 Å². The summed E-state index contributed by atoms with van der Waals surface area (Å²) < 4.78 is 66.0. The van der Waals surface area contributed by atoms with Crippen molar-refractivity contribution in [2.45, 2.75) is 19.0 Å². The van der Waals surface area contributed by atoms with E-state index in [4.69, 9.17) is 0 Å². The Morgan fingerprint density at radius 3 is 2.05 bits per heavy atom. The highest BCUT2D eigenvalue weighted by Crippen LogP contribution is 2.36. The lowest BCUT2D eigenvalue weighted by atomic mass is 10.2. The third-order valence-corrected chi connectivity index (χ3v) is 2.30. The maximum Gasteiger partial charge on any atom is 0.463 e. The number of amides is 1. The molecule has 1 aromatic carbocycles. The molecule has 0 aliphatic heterocycles. The standard InChI is InChI=1S/C12H10F5NO3/c1-2-21-9(19)7-3-5-8(6-4-7)18-10(20)11(13,14)12(15,16)17/h3-6H,2H2,1H3,(H,18,20). The molecule has 0 radical (unpaired) electrons. The quantitative estimate of drug-likeness (QED) is 0.687. The normalized spacial score (nSPS) is 11.9. The van der Waals surface area contributed by atoms with Crippen LogP contribution in [-0.2, 0) is 9.53 Å². The third kappa shape index (κ3) is 3.89. The van der Waals surface area contributed by atoms with Crippen LogP contribution >= 0.6 is 0 Å². The number of anilines is 1. The van der Waals surface area contributed by atoms with Crippen molar-refractivity contribution in [2.24, 2.45) is 0 Å². The van der Waals surface area contributed by atoms with Gasteiger partial charge in [-0.2, -0.15) is 22.0 Å². The summed E-state index contributed by atoms with van der Waals surface area (Å²) in [5, 5.41) is 1.43. The number of hydrogen-bond donors (Lipinski definition) is 1. The summed E-state index contributed by atoms with van der Waals surface area (Å²) in [5.74, 6) is -8.69. The molecule has 0 unspecified atom stereocenters. The summed E-state index contributed by atoms with van der Waals surface area (Å²) in [6.45, 7) is 1.70. The number of nitrogens with one attached hydrogen (secondary N) is 1. The maximum atomic E-state index is 12.7. The van der Waals surface area contributed by atoms with Gasteiger partial charge < -0.3 is 10.1 Å². The fraction of sp³-hybridized carbons (Fsp3) is 0.333. The molecule has 0 heterocycles. The number of benzene rings is 1. The van der Waals surface area contributed by atoms with Gasteiger partial charge in [-0.15, -0.1) is 0 Å². The average molecular weight is 311 g/mol. The van der Waals surface area contributed by atoms with Crippen molar-refractivity contribution in [1.29, 1.82) is 0 Å². The lowest BCUT2D eigenvalue weighted by Gasteiger charge is -2.18. The molecule has 9 heteroatoms. The fourth-order valence-corrected chi connectivity index (χ4v) is 1.24. The second-order valence-electron chi connectivity index (χ2n) is 3.82. The molecule has 1 amide bonds. The Balaban J connectivity index is 2.81. The van der Waals surface area contributed by atoms with Gasteiger partial charge in [-0.05, 0) is 31.2 Å². The van der Waals surface area contributed by atoms with E-state index in [9.17, 15) is 31.5 Å². The summed E-state index contributed by atoms with van der Waals surface area (Å²) in [5.41, 5.74) is -0.241. The van der Waals surface area contributed by atoms with Gasteiger partial charge in [0.25, 0.3) is 0 Å². The van der Waals surface area contributed by atoms with Crippen LogP contribution in [-0.4, -0.2) is 30.6 Å². The van der Waals surface area contributed by atoms with Crippen molar-refractivity contribution >= 4 is 17.6 Å². The first kappa shape index (κ1) is 16.9. The third-order valence-electron chi connectivity index (χ3n) is 2.30. The Labute approximate surface area is 115 Å². The Kier molecular flexibility index (Phi) is 4.87. The van der Waals surface area contributed by atoms with E-state index >= 15 is 0 Å². The molecule has 0 aromatic heterocycles. The van der Waals surface area contributed by atoms with Crippen molar-refractivity contribution in [3.05, 3.63) is 29.8 Å². The number of alkyl halides is 5. The Hall–Kier alpha value is -2.19. The highest BCUT2D eigenvalue weighted by atomic mass is 19.4. The summed E-state index contributed by atoms with van der Waals surface area (Å²) in [7, 11) is 0. The molecule has 0 fully saturated rings. The van der Waals surface area contributed by atoms with Crippen LogP contribution in [0.25, 0.3) is 0 Å². The summed E-state index contributed by atoms with van der Waals surface area (Å²) >= 11 is 0. The lowest BCUT2D eigenvalue weighted by molar-refractivity contribution is -0.267. The van der Waals surface area contributed by atoms with Crippen LogP contribution in [0.4, 0.5) is 27.6 Å². The van der Waals surface area contributed by atoms with E-state index in [0.717, 1.165) is 24.3 Å². The molecule has 21 heavy (non-hydrogen) atoms. The van der Waals surface area contributed by atoms with Gasteiger partial charge in [-0.25, -0.2) is 4.79 Å². The lowest BCUT2D eigenvalue weighted by Crippen LogP contribution is -2.47. The molecule has 1 N–H and O–H groups in total. The van der Waals surface area contributed by atoms with Crippen LogP contribution in [0.5, 0.6) is 0 Å². The number of ether oxygens (including phenoxy) is 1. The highest BCUT2D eigenvalue weighted by Gasteiger charge is 2.63. The van der Waals surface area contributed by atoms with Crippen molar-refractivity contribution < 1.29 is 36.3 Å². The first-order valence-corrected chi connectivity index (χ1v) is 5.62. The second kappa shape index (κ2) is 6.06. The van der Waals surface area contributed by atoms with Gasteiger partial charge in [0.1, 0.15) is 0 Å². The van der Waals surface area contributed by atoms with Gasteiger partial charge in [0, 0.05) is 5.69 Å². The second-order valence-corrected chi connectivity index (χ2v) is 3.82. The summed E-state index contributed by atoms with van der Waals surface area (Å²) in [4.78, 5) is 22.2. The number of carbonyl (C=O) groups excluding carboxylic acids is 2. The van der Waals surface area contributed by atoms with Crippen molar-refractivity contribution in [2.75, 3.05) is 11.9 Å². The number of rotatable bonds is 4. The van der Waals surface area contributed by atoms with Gasteiger partial charge in [-0.1, -0.05) is 0 Å². The first-order chi connectivity index (χ1) is 9.59. The summed E-state index contributed by atoms with van der Waals surface area (Å²) in [6, 6.07) is 4.27. The van der Waals surface area contributed by atoms with Gasteiger partial charge >= 0.3 is 24.0 Å². The molecule has 0 bridgehead atoms. The Bertz CT molecular complexity index is 525. The van der Waals surface area contributed by atoms with Gasteiger partial charge in [-0.3, -0.25) is 4.79 Å². The molecule has 0 aliphatic rings. The maximum absolute atomic E-state index is 12.7. The molecule has 0 aliphatic carbocycles. The zero-order valence-electron chi connectivity index (χ0n) is 10.6. The Morgan fingerprint density at radius 2 is 1.62 bits per heavy atom. The highest BCUT2D eigenvalue weighted by molar-refractivity contribution is 5.97. The minimum absolute atomic E-state index is 0.0671. The van der Waals surface area contributed by atoms with Gasteiger partial charge in [0.15, 0.2) is 0 Å². The topological polar surface area (TPSA) is 55.4 Å². The molecule has 116 valence electrons. The van der Waals surface area contributed by atoms with Gasteiger partial charge in [0.05, 0.1) is 12.2 Å². The molecular weight excluding hydrogens is 301 g/mol. The smallest absolute Gasteiger partial charge is 0.462 e. The van der Waals surface area contributed by atoms with Crippen LogP contribution < -0.4 is 5.32 Å². The zero-order chi connectivity index (χ0) is 16.3. The molecule has 0 atom stereocenters. The van der Waals surface area contributed by atoms with E-state index in [1.54, 1.807) is 6.92 Å². The van der Waals surface area contributed by atoms with Crippen LogP contribution in [0.15, 0.2) is 24.3 Å². The van der Waals surface area contributed by atoms with E-state index in [2.05, 4.69) is 4.74 Å². The Morgan fingerprint density at radius 1 is 1.10 bits per heavy atom. The minimum Gasteiger partial charge on any atom is -0.462 e. The molecule has 0 saturated carbocycles. The number of hydrogen-bond acceptors (Lipinski definition) is 3. The number of carbonyl (C=O) groups is 2. The van der Waals surface area contributed by atoms with E-state index < -0.39 is 24.0 Å². The van der Waals surface area contributed by atoms with Crippen molar-refractivity contribution in [3.8, 4) is 0 Å². The SMILES string of the molecule is CCOC(=O)c1ccc(NC(=O)C(F)(F)C(F)(F)F)cc1. The average Bonchev–Trinajstić information content (AvgIpc) is 2.38. The van der Waals surface area contributed by atoms with Crippen LogP contribution in [0.3, 0.4) is 0 Å². The van der Waals surface area contributed by atoms with Crippen molar-refractivity contribution in [1.82, 2.24) is 0 Å². The molecular formula is C12H10F5NO3. The predicted molar refractivity (Wildman–Crippen MR) is 62.0 cm³/mol. The molecule has 0 spiro atoms. The van der Waals surface area contributed by atoms with E-state index in [-0.39, 0.29) is 17.9 Å². The van der Waals surface area contributed by atoms with E-state index in [1.165, 1.54) is 5.32 Å². The summed E-state index contributed by atoms with van der Waals surface area (Å²) in [6.07, 6.45) is -5.98. The van der Waals surface area contributed by atoms with Gasteiger partial charge in [0.2, 0.25) is 0 Å². The van der Waals surface area contributed by atoms with Crippen LogP contribution in [0, 0.1) is 0 Å². The molecule has 0 saturated heterocycles. The zero-order valence-corrected chi connectivity index (χ0v) is 10.6. The van der Waals surface area contributed by atoms with E-state index in [1.807, 2.05) is 0 Å². The fourth-order valence-electron chi connectivity index (χ4n) is 1.24.